The van der Waals surface area contributed by atoms with Gasteiger partial charge in [0.15, 0.2) is 5.11 Å². The Morgan fingerprint density at radius 3 is 2.82 bits per heavy atom. The largest absolute Gasteiger partial charge is 0.358 e. The van der Waals surface area contributed by atoms with Gasteiger partial charge in [-0.15, -0.1) is 0 Å². The first-order valence-electron chi connectivity index (χ1n) is 12.0. The van der Waals surface area contributed by atoms with Crippen molar-refractivity contribution in [1.82, 2.24) is 25.1 Å². The normalized spacial score (nSPS) is 14.3. The molecule has 0 bridgehead atoms. The number of likely N-dealkylation sites (N-methyl/N-ethyl adjacent to an activating group) is 1. The van der Waals surface area contributed by atoms with Gasteiger partial charge in [0, 0.05) is 79.3 Å². The first-order valence-corrected chi connectivity index (χ1v) is 12.4. The van der Waals surface area contributed by atoms with Gasteiger partial charge >= 0.3 is 0 Å². The third-order valence-corrected chi connectivity index (χ3v) is 7.04. The number of benzene rings is 2. The molecule has 0 atom stereocenters. The lowest BCUT2D eigenvalue weighted by atomic mass is 10.1. The van der Waals surface area contributed by atoms with Gasteiger partial charge in [-0.2, -0.15) is 0 Å². The second kappa shape index (κ2) is 10.1. The second-order valence-corrected chi connectivity index (χ2v) is 9.59. The SMILES string of the molecule is Cc1[nH]c2ccc(NC(=S)N3CCNCC3)cc2c1CCN(C)Cc1ccc2ccncc2c1. The molecular weight excluding hydrogens is 440 g/mol. The van der Waals surface area contributed by atoms with E-state index in [0.29, 0.717) is 0 Å². The zero-order valence-electron chi connectivity index (χ0n) is 19.9. The van der Waals surface area contributed by atoms with E-state index in [1.54, 1.807) is 0 Å². The van der Waals surface area contributed by atoms with Crippen molar-refractivity contribution >= 4 is 44.7 Å². The summed E-state index contributed by atoms with van der Waals surface area (Å²) in [5.41, 5.74) is 6.15. The molecule has 1 aliphatic heterocycles. The molecule has 0 saturated carbocycles. The number of pyridine rings is 1. The predicted molar refractivity (Wildman–Crippen MR) is 145 cm³/mol. The lowest BCUT2D eigenvalue weighted by molar-refractivity contribution is 0.331. The number of rotatable bonds is 6. The number of aromatic nitrogens is 2. The molecule has 2 aromatic heterocycles. The van der Waals surface area contributed by atoms with Gasteiger partial charge in [0.25, 0.3) is 0 Å². The standard InChI is InChI=1S/C27H32N6S/c1-19-24(8-12-32(2)18-20-3-4-21-7-9-29-17-22(21)15-20)25-16-23(5-6-26(25)30-19)31-27(34)33-13-10-28-11-14-33/h3-7,9,15-17,28,30H,8,10-14,18H2,1-2H3,(H,31,34). The number of piperazine rings is 1. The Labute approximate surface area is 206 Å². The fourth-order valence-electron chi connectivity index (χ4n) is 4.78. The minimum Gasteiger partial charge on any atom is -0.358 e. The Kier molecular flexibility index (Phi) is 6.76. The molecule has 7 heteroatoms. The molecule has 0 radical (unpaired) electrons. The predicted octanol–water partition coefficient (Wildman–Crippen LogP) is 4.30. The minimum atomic E-state index is 0.806. The van der Waals surface area contributed by atoms with Gasteiger partial charge in [-0.3, -0.25) is 4.98 Å². The molecule has 5 rings (SSSR count). The van der Waals surface area contributed by atoms with Crippen LogP contribution < -0.4 is 10.6 Å². The first kappa shape index (κ1) is 22.8. The monoisotopic (exact) mass is 472 g/mol. The third kappa shape index (κ3) is 5.06. The quantitative estimate of drug-likeness (QED) is 0.364. The maximum absolute atomic E-state index is 5.66. The molecule has 34 heavy (non-hydrogen) atoms. The van der Waals surface area contributed by atoms with E-state index in [1.807, 2.05) is 12.4 Å². The van der Waals surface area contributed by atoms with Gasteiger partial charge in [0.1, 0.15) is 0 Å². The lowest BCUT2D eigenvalue weighted by Crippen LogP contribution is -2.47. The van der Waals surface area contributed by atoms with Gasteiger partial charge in [0.05, 0.1) is 0 Å². The van der Waals surface area contributed by atoms with E-state index in [-0.39, 0.29) is 0 Å². The summed E-state index contributed by atoms with van der Waals surface area (Å²) >= 11 is 5.66. The maximum Gasteiger partial charge on any atom is 0.173 e. The lowest BCUT2D eigenvalue weighted by Gasteiger charge is -2.30. The molecule has 1 aliphatic rings. The van der Waals surface area contributed by atoms with Crippen molar-refractivity contribution in [2.24, 2.45) is 0 Å². The molecule has 4 aromatic rings. The van der Waals surface area contributed by atoms with Crippen molar-refractivity contribution in [2.75, 3.05) is 45.1 Å². The number of nitrogens with one attached hydrogen (secondary N) is 3. The second-order valence-electron chi connectivity index (χ2n) is 9.20. The minimum absolute atomic E-state index is 0.806. The number of H-pyrrole nitrogens is 1. The van der Waals surface area contributed by atoms with Crippen LogP contribution >= 0.6 is 12.2 Å². The van der Waals surface area contributed by atoms with Crippen LogP contribution in [0.5, 0.6) is 0 Å². The molecule has 3 heterocycles. The molecule has 0 spiro atoms. The highest BCUT2D eigenvalue weighted by Gasteiger charge is 2.15. The van der Waals surface area contributed by atoms with E-state index in [4.69, 9.17) is 12.2 Å². The smallest absolute Gasteiger partial charge is 0.173 e. The molecule has 176 valence electrons. The topological polar surface area (TPSA) is 59.2 Å². The molecule has 0 amide bonds. The van der Waals surface area contributed by atoms with Crippen molar-refractivity contribution in [2.45, 2.75) is 19.9 Å². The van der Waals surface area contributed by atoms with Crippen molar-refractivity contribution in [1.29, 1.82) is 0 Å². The average Bonchev–Trinajstić information content (AvgIpc) is 3.17. The summed E-state index contributed by atoms with van der Waals surface area (Å²) in [5, 5.41) is 11.3. The number of hydrogen-bond donors (Lipinski definition) is 3. The van der Waals surface area contributed by atoms with E-state index in [9.17, 15) is 0 Å². The number of thiocarbonyl (C=S) groups is 1. The van der Waals surface area contributed by atoms with Crippen LogP contribution in [-0.4, -0.2) is 64.7 Å². The summed E-state index contributed by atoms with van der Waals surface area (Å²) in [7, 11) is 2.19. The Morgan fingerprint density at radius 2 is 1.97 bits per heavy atom. The Balaban J connectivity index is 1.26. The van der Waals surface area contributed by atoms with Crippen molar-refractivity contribution in [3.05, 3.63) is 71.7 Å². The maximum atomic E-state index is 5.66. The van der Waals surface area contributed by atoms with Crippen LogP contribution in [0.15, 0.2) is 54.9 Å². The molecule has 2 aromatic carbocycles. The Morgan fingerprint density at radius 1 is 1.12 bits per heavy atom. The number of anilines is 1. The van der Waals surface area contributed by atoms with Crippen LogP contribution in [0, 0.1) is 6.92 Å². The fourth-order valence-corrected chi connectivity index (χ4v) is 5.08. The van der Waals surface area contributed by atoms with Crippen molar-refractivity contribution in [3.8, 4) is 0 Å². The fraction of sp³-hybridized carbons (Fsp3) is 0.333. The average molecular weight is 473 g/mol. The highest BCUT2D eigenvalue weighted by atomic mass is 32.1. The van der Waals surface area contributed by atoms with Crippen LogP contribution in [0.25, 0.3) is 21.7 Å². The molecular formula is C27H32N6S. The Hall–Kier alpha value is -3.00. The molecule has 6 nitrogen and oxygen atoms in total. The molecule has 0 aliphatic carbocycles. The van der Waals surface area contributed by atoms with Gasteiger partial charge in [0.2, 0.25) is 0 Å². The third-order valence-electron chi connectivity index (χ3n) is 6.68. The van der Waals surface area contributed by atoms with E-state index in [2.05, 4.69) is 86.8 Å². The van der Waals surface area contributed by atoms with E-state index < -0.39 is 0 Å². The van der Waals surface area contributed by atoms with Crippen LogP contribution in [0.1, 0.15) is 16.8 Å². The Bertz CT molecular complexity index is 1310. The summed E-state index contributed by atoms with van der Waals surface area (Å²) in [6.45, 7) is 7.92. The highest BCUT2D eigenvalue weighted by Crippen LogP contribution is 2.26. The van der Waals surface area contributed by atoms with Crippen LogP contribution in [0.2, 0.25) is 0 Å². The molecule has 0 unspecified atom stereocenters. The number of fused-ring (bicyclic) bond motifs is 2. The summed E-state index contributed by atoms with van der Waals surface area (Å²) in [6, 6.07) is 15.2. The van der Waals surface area contributed by atoms with E-state index in [1.165, 1.54) is 38.5 Å². The van der Waals surface area contributed by atoms with Gasteiger partial charge in [-0.05, 0) is 79.5 Å². The summed E-state index contributed by atoms with van der Waals surface area (Å²) < 4.78 is 0. The van der Waals surface area contributed by atoms with Crippen LogP contribution in [-0.2, 0) is 13.0 Å². The summed E-state index contributed by atoms with van der Waals surface area (Å²) in [4.78, 5) is 12.4. The van der Waals surface area contributed by atoms with Gasteiger partial charge in [-0.1, -0.05) is 12.1 Å². The van der Waals surface area contributed by atoms with Crippen molar-refractivity contribution in [3.63, 3.8) is 0 Å². The summed E-state index contributed by atoms with van der Waals surface area (Å²) in [6.07, 6.45) is 4.77. The molecule has 3 N–H and O–H groups in total. The zero-order valence-corrected chi connectivity index (χ0v) is 20.7. The number of hydrogen-bond acceptors (Lipinski definition) is 4. The van der Waals surface area contributed by atoms with Crippen LogP contribution in [0.4, 0.5) is 5.69 Å². The summed E-state index contributed by atoms with van der Waals surface area (Å²) in [5.74, 6) is 0. The van der Waals surface area contributed by atoms with Gasteiger partial charge in [-0.25, -0.2) is 0 Å². The first-order chi connectivity index (χ1) is 16.6. The van der Waals surface area contributed by atoms with E-state index >= 15 is 0 Å². The number of aromatic amines is 1. The molecule has 1 fully saturated rings. The highest BCUT2D eigenvalue weighted by molar-refractivity contribution is 7.80. The van der Waals surface area contributed by atoms with E-state index in [0.717, 1.165) is 56.5 Å². The zero-order chi connectivity index (χ0) is 23.5. The van der Waals surface area contributed by atoms with Crippen molar-refractivity contribution < 1.29 is 0 Å². The van der Waals surface area contributed by atoms with Gasteiger partial charge < -0.3 is 25.4 Å². The van der Waals surface area contributed by atoms with Crippen LogP contribution in [0.3, 0.4) is 0 Å². The number of aryl methyl sites for hydroxylation is 1. The number of nitrogens with zero attached hydrogens (tertiary/aromatic N) is 3. The molecule has 1 saturated heterocycles.